The molecule has 0 aliphatic rings. The third-order valence-corrected chi connectivity index (χ3v) is 2.69. The molecule has 2 N–H and O–H groups in total. The number of halogens is 2. The van der Waals surface area contributed by atoms with Gasteiger partial charge in [0.15, 0.2) is 0 Å². The van der Waals surface area contributed by atoms with Crippen molar-refractivity contribution < 1.29 is 4.79 Å². The average Bonchev–Trinajstić information content (AvgIpc) is 2.31. The number of rotatable bonds is 6. The molecule has 0 saturated carbocycles. The smallest absolute Gasteiger partial charge is 0.224 e. The Kier molecular flexibility index (Phi) is 6.21. The van der Waals surface area contributed by atoms with Gasteiger partial charge in [-0.15, -0.1) is 0 Å². The Bertz CT molecular complexity index is 389. The van der Waals surface area contributed by atoms with Crippen molar-refractivity contribution >= 4 is 39.3 Å². The van der Waals surface area contributed by atoms with Gasteiger partial charge in [0, 0.05) is 25.7 Å². The highest BCUT2D eigenvalue weighted by Crippen LogP contribution is 2.19. The van der Waals surface area contributed by atoms with E-state index in [1.54, 1.807) is 6.20 Å². The van der Waals surface area contributed by atoms with Crippen LogP contribution >= 0.6 is 27.5 Å². The van der Waals surface area contributed by atoms with E-state index >= 15 is 0 Å². The van der Waals surface area contributed by atoms with E-state index < -0.39 is 0 Å². The van der Waals surface area contributed by atoms with Crippen LogP contribution in [-0.2, 0) is 4.79 Å². The summed E-state index contributed by atoms with van der Waals surface area (Å²) in [5, 5.41) is 5.99. The molecule has 0 saturated heterocycles. The molecule has 0 fully saturated rings. The van der Waals surface area contributed by atoms with E-state index in [0.29, 0.717) is 25.3 Å². The standard InChI is InChI=1S/C10H14BrClN4O/c1-2-4-13-8(17)3-5-14-9-7(11)6-15-10(12)16-9/h6H,2-5H2,1H3,(H,13,17)(H,14,15,16). The summed E-state index contributed by atoms with van der Waals surface area (Å²) in [7, 11) is 0. The predicted molar refractivity (Wildman–Crippen MR) is 71.1 cm³/mol. The first kappa shape index (κ1) is 14.2. The molecule has 1 aromatic heterocycles. The first-order valence-corrected chi connectivity index (χ1v) is 6.49. The van der Waals surface area contributed by atoms with Gasteiger partial charge in [0.25, 0.3) is 0 Å². The van der Waals surface area contributed by atoms with Crippen LogP contribution in [0.15, 0.2) is 10.7 Å². The molecule has 1 rings (SSSR count). The fourth-order valence-corrected chi connectivity index (χ4v) is 1.58. The third-order valence-electron chi connectivity index (χ3n) is 1.93. The number of hydrogen-bond donors (Lipinski definition) is 2. The van der Waals surface area contributed by atoms with Gasteiger partial charge in [-0.3, -0.25) is 4.79 Å². The van der Waals surface area contributed by atoms with Gasteiger partial charge in [-0.05, 0) is 34.0 Å². The van der Waals surface area contributed by atoms with E-state index in [4.69, 9.17) is 11.6 Å². The Balaban J connectivity index is 2.35. The van der Waals surface area contributed by atoms with Crippen molar-refractivity contribution in [2.45, 2.75) is 19.8 Å². The van der Waals surface area contributed by atoms with Crippen molar-refractivity contribution in [3.63, 3.8) is 0 Å². The Morgan fingerprint density at radius 1 is 1.53 bits per heavy atom. The molecule has 0 aliphatic heterocycles. The number of amides is 1. The Labute approximate surface area is 113 Å². The van der Waals surface area contributed by atoms with E-state index in [1.165, 1.54) is 0 Å². The molecule has 0 unspecified atom stereocenters. The molecule has 0 radical (unpaired) electrons. The minimum absolute atomic E-state index is 0.0237. The van der Waals surface area contributed by atoms with E-state index in [2.05, 4.69) is 36.5 Å². The van der Waals surface area contributed by atoms with Gasteiger partial charge >= 0.3 is 0 Å². The van der Waals surface area contributed by atoms with E-state index in [1.807, 2.05) is 6.92 Å². The van der Waals surface area contributed by atoms with E-state index in [9.17, 15) is 4.79 Å². The van der Waals surface area contributed by atoms with Gasteiger partial charge in [0.2, 0.25) is 11.2 Å². The van der Waals surface area contributed by atoms with E-state index in [-0.39, 0.29) is 11.2 Å². The fourth-order valence-electron chi connectivity index (χ4n) is 1.12. The summed E-state index contributed by atoms with van der Waals surface area (Å²) in [6.07, 6.45) is 2.90. The number of aromatic nitrogens is 2. The van der Waals surface area contributed by atoms with Gasteiger partial charge in [-0.2, -0.15) is 4.98 Å². The first-order chi connectivity index (χ1) is 8.13. The van der Waals surface area contributed by atoms with Crippen LogP contribution in [0.4, 0.5) is 5.82 Å². The van der Waals surface area contributed by atoms with Crippen LogP contribution in [-0.4, -0.2) is 29.0 Å². The zero-order valence-electron chi connectivity index (χ0n) is 9.46. The van der Waals surface area contributed by atoms with Crippen LogP contribution in [0.2, 0.25) is 5.28 Å². The third kappa shape index (κ3) is 5.32. The predicted octanol–water partition coefficient (Wildman–Crippen LogP) is 2.22. The average molecular weight is 322 g/mol. The molecule has 7 heteroatoms. The molecule has 0 aliphatic carbocycles. The van der Waals surface area contributed by atoms with Crippen LogP contribution in [0.1, 0.15) is 19.8 Å². The summed E-state index contributed by atoms with van der Waals surface area (Å²) in [4.78, 5) is 19.1. The summed E-state index contributed by atoms with van der Waals surface area (Å²) in [6.45, 7) is 3.22. The number of carbonyl (C=O) groups is 1. The van der Waals surface area contributed by atoms with Crippen molar-refractivity contribution in [2.24, 2.45) is 0 Å². The number of nitrogens with one attached hydrogen (secondary N) is 2. The van der Waals surface area contributed by atoms with Gasteiger partial charge in [-0.25, -0.2) is 4.98 Å². The highest BCUT2D eigenvalue weighted by molar-refractivity contribution is 9.10. The number of anilines is 1. The van der Waals surface area contributed by atoms with Crippen LogP contribution < -0.4 is 10.6 Å². The SMILES string of the molecule is CCCNC(=O)CCNc1nc(Cl)ncc1Br. The summed E-state index contributed by atoms with van der Waals surface area (Å²) in [5.41, 5.74) is 0. The molecular weight excluding hydrogens is 307 g/mol. The minimum Gasteiger partial charge on any atom is -0.368 e. The Morgan fingerprint density at radius 3 is 3.00 bits per heavy atom. The summed E-state index contributed by atoms with van der Waals surface area (Å²) in [5.74, 6) is 0.615. The van der Waals surface area contributed by atoms with Crippen molar-refractivity contribution in [2.75, 3.05) is 18.4 Å². The largest absolute Gasteiger partial charge is 0.368 e. The highest BCUT2D eigenvalue weighted by Gasteiger charge is 2.04. The first-order valence-electron chi connectivity index (χ1n) is 5.32. The second kappa shape index (κ2) is 7.45. The lowest BCUT2D eigenvalue weighted by atomic mass is 10.3. The molecule has 1 aromatic rings. The van der Waals surface area contributed by atoms with Gasteiger partial charge in [0.05, 0.1) is 4.47 Å². The molecule has 0 aromatic carbocycles. The van der Waals surface area contributed by atoms with Crippen LogP contribution in [0.5, 0.6) is 0 Å². The van der Waals surface area contributed by atoms with Crippen LogP contribution in [0.25, 0.3) is 0 Å². The lowest BCUT2D eigenvalue weighted by Gasteiger charge is -2.07. The van der Waals surface area contributed by atoms with Crippen molar-refractivity contribution in [1.82, 2.24) is 15.3 Å². The quantitative estimate of drug-likeness (QED) is 0.789. The summed E-state index contributed by atoms with van der Waals surface area (Å²) >= 11 is 8.96. The zero-order valence-corrected chi connectivity index (χ0v) is 11.8. The van der Waals surface area contributed by atoms with Crippen LogP contribution in [0, 0.1) is 0 Å². The lowest BCUT2D eigenvalue weighted by molar-refractivity contribution is -0.120. The molecule has 0 atom stereocenters. The normalized spacial score (nSPS) is 10.1. The number of carbonyl (C=O) groups excluding carboxylic acids is 1. The Morgan fingerprint density at radius 2 is 2.29 bits per heavy atom. The molecular formula is C10H14BrClN4O. The molecule has 0 bridgehead atoms. The van der Waals surface area contributed by atoms with Crippen molar-refractivity contribution in [1.29, 1.82) is 0 Å². The zero-order chi connectivity index (χ0) is 12.7. The molecule has 1 amide bonds. The van der Waals surface area contributed by atoms with Crippen molar-refractivity contribution in [3.05, 3.63) is 16.0 Å². The highest BCUT2D eigenvalue weighted by atomic mass is 79.9. The number of nitrogens with zero attached hydrogens (tertiary/aromatic N) is 2. The summed E-state index contributed by atoms with van der Waals surface area (Å²) in [6, 6.07) is 0. The Hall–Kier alpha value is -0.880. The topological polar surface area (TPSA) is 66.9 Å². The van der Waals surface area contributed by atoms with Gasteiger partial charge < -0.3 is 10.6 Å². The maximum atomic E-state index is 11.3. The van der Waals surface area contributed by atoms with Gasteiger partial charge in [0.1, 0.15) is 5.82 Å². The van der Waals surface area contributed by atoms with Crippen LogP contribution in [0.3, 0.4) is 0 Å². The monoisotopic (exact) mass is 320 g/mol. The fraction of sp³-hybridized carbons (Fsp3) is 0.500. The molecule has 0 spiro atoms. The summed E-state index contributed by atoms with van der Waals surface area (Å²) < 4.78 is 0.718. The van der Waals surface area contributed by atoms with E-state index in [0.717, 1.165) is 10.9 Å². The lowest BCUT2D eigenvalue weighted by Crippen LogP contribution is -2.26. The second-order valence-corrected chi connectivity index (χ2v) is 4.55. The van der Waals surface area contributed by atoms with Gasteiger partial charge in [-0.1, -0.05) is 6.92 Å². The van der Waals surface area contributed by atoms with Crippen molar-refractivity contribution in [3.8, 4) is 0 Å². The maximum absolute atomic E-state index is 11.3. The molecule has 94 valence electrons. The molecule has 1 heterocycles. The minimum atomic E-state index is 0.0237. The second-order valence-electron chi connectivity index (χ2n) is 3.36. The molecule has 17 heavy (non-hydrogen) atoms. The molecule has 5 nitrogen and oxygen atoms in total. The number of hydrogen-bond acceptors (Lipinski definition) is 4. The maximum Gasteiger partial charge on any atom is 0.224 e.